The number of hydrogen-bond acceptors (Lipinski definition) is 3. The summed E-state index contributed by atoms with van der Waals surface area (Å²) in [6, 6.07) is 1.68. The van der Waals surface area contributed by atoms with Gasteiger partial charge in [-0.15, -0.1) is 0 Å². The highest BCUT2D eigenvalue weighted by Gasteiger charge is 2.32. The molecule has 1 saturated heterocycles. The molecule has 1 saturated carbocycles. The Balaban J connectivity index is 1.87. The number of nitrogens with one attached hydrogen (secondary N) is 1. The minimum Gasteiger partial charge on any atom is -0.391 e. The van der Waals surface area contributed by atoms with Crippen molar-refractivity contribution in [3.8, 4) is 0 Å². The Bertz CT molecular complexity index is 204. The molecule has 2 aliphatic rings. The zero-order chi connectivity index (χ0) is 10.8. The van der Waals surface area contributed by atoms with Crippen molar-refractivity contribution in [1.29, 1.82) is 0 Å². The molecule has 15 heavy (non-hydrogen) atoms. The predicted molar refractivity (Wildman–Crippen MR) is 61.9 cm³/mol. The topological polar surface area (TPSA) is 35.5 Å². The first-order valence-electron chi connectivity index (χ1n) is 6.35. The molecule has 2 fully saturated rings. The Morgan fingerprint density at radius 1 is 1.33 bits per heavy atom. The smallest absolute Gasteiger partial charge is 0.0717 e. The maximum absolute atomic E-state index is 9.80. The summed E-state index contributed by atoms with van der Waals surface area (Å²) >= 11 is 0. The fraction of sp³-hybridized carbons (Fsp3) is 1.00. The van der Waals surface area contributed by atoms with E-state index < -0.39 is 0 Å². The van der Waals surface area contributed by atoms with Gasteiger partial charge in [-0.25, -0.2) is 0 Å². The second-order valence-electron chi connectivity index (χ2n) is 5.29. The third-order valence-corrected chi connectivity index (χ3v) is 3.93. The van der Waals surface area contributed by atoms with Crippen LogP contribution in [0.15, 0.2) is 0 Å². The lowest BCUT2D eigenvalue weighted by atomic mass is 9.90. The molecule has 1 heterocycles. The molecule has 0 aromatic carbocycles. The van der Waals surface area contributed by atoms with E-state index in [0.29, 0.717) is 12.1 Å². The number of aliphatic hydroxyl groups is 1. The average Bonchev–Trinajstić information content (AvgIpc) is 2.47. The van der Waals surface area contributed by atoms with Crippen LogP contribution in [0.1, 0.15) is 39.5 Å². The van der Waals surface area contributed by atoms with Crippen LogP contribution in [0.3, 0.4) is 0 Å². The van der Waals surface area contributed by atoms with Crippen molar-refractivity contribution in [2.45, 2.75) is 63.8 Å². The normalized spacial score (nSPS) is 32.6. The fourth-order valence-corrected chi connectivity index (χ4v) is 2.67. The summed E-state index contributed by atoms with van der Waals surface area (Å²) in [6.45, 7) is 6.52. The first-order valence-corrected chi connectivity index (χ1v) is 6.35. The lowest BCUT2D eigenvalue weighted by Gasteiger charge is -2.42. The Morgan fingerprint density at radius 2 is 2.07 bits per heavy atom. The van der Waals surface area contributed by atoms with E-state index in [0.717, 1.165) is 25.6 Å². The van der Waals surface area contributed by atoms with E-state index in [4.69, 9.17) is 0 Å². The van der Waals surface area contributed by atoms with E-state index in [1.54, 1.807) is 0 Å². The van der Waals surface area contributed by atoms with Crippen LogP contribution in [-0.2, 0) is 0 Å². The van der Waals surface area contributed by atoms with Crippen molar-refractivity contribution in [1.82, 2.24) is 10.2 Å². The highest BCUT2D eigenvalue weighted by Crippen LogP contribution is 2.27. The van der Waals surface area contributed by atoms with E-state index in [1.165, 1.54) is 19.3 Å². The van der Waals surface area contributed by atoms with Crippen molar-refractivity contribution in [3.05, 3.63) is 0 Å². The maximum atomic E-state index is 9.80. The Kier molecular flexibility index (Phi) is 3.65. The quantitative estimate of drug-likeness (QED) is 0.729. The van der Waals surface area contributed by atoms with Gasteiger partial charge < -0.3 is 10.4 Å². The summed E-state index contributed by atoms with van der Waals surface area (Å²) in [6.07, 6.45) is 4.86. The van der Waals surface area contributed by atoms with Gasteiger partial charge in [0, 0.05) is 24.7 Å². The number of nitrogens with zero attached hydrogens (tertiary/aromatic N) is 1. The van der Waals surface area contributed by atoms with Gasteiger partial charge in [-0.3, -0.25) is 4.90 Å². The van der Waals surface area contributed by atoms with Crippen LogP contribution >= 0.6 is 0 Å². The van der Waals surface area contributed by atoms with Crippen LogP contribution in [0.4, 0.5) is 0 Å². The summed E-state index contributed by atoms with van der Waals surface area (Å²) in [5.74, 6) is 0. The third kappa shape index (κ3) is 2.52. The molecule has 1 aliphatic carbocycles. The van der Waals surface area contributed by atoms with E-state index in [2.05, 4.69) is 24.1 Å². The van der Waals surface area contributed by atoms with Crippen LogP contribution in [0.5, 0.6) is 0 Å². The number of aliphatic hydroxyl groups excluding tert-OH is 1. The van der Waals surface area contributed by atoms with E-state index in [9.17, 15) is 5.11 Å². The SMILES string of the molecule is CC(C)N(CC1NCCC1O)C1CCC1. The van der Waals surface area contributed by atoms with Crippen LogP contribution in [-0.4, -0.2) is 47.3 Å². The molecule has 0 aromatic rings. The van der Waals surface area contributed by atoms with Gasteiger partial charge >= 0.3 is 0 Å². The van der Waals surface area contributed by atoms with Gasteiger partial charge in [0.15, 0.2) is 0 Å². The molecular formula is C12H24N2O. The first-order chi connectivity index (χ1) is 7.18. The molecule has 0 bridgehead atoms. The molecule has 3 heteroatoms. The van der Waals surface area contributed by atoms with Gasteiger partial charge in [-0.05, 0) is 39.7 Å². The molecule has 0 aromatic heterocycles. The highest BCUT2D eigenvalue weighted by molar-refractivity contribution is 4.90. The number of rotatable bonds is 4. The summed E-state index contributed by atoms with van der Waals surface area (Å²) < 4.78 is 0. The maximum Gasteiger partial charge on any atom is 0.0717 e. The zero-order valence-electron chi connectivity index (χ0n) is 9.95. The van der Waals surface area contributed by atoms with Crippen LogP contribution < -0.4 is 5.32 Å². The van der Waals surface area contributed by atoms with E-state index in [1.807, 2.05) is 0 Å². The van der Waals surface area contributed by atoms with Gasteiger partial charge in [0.25, 0.3) is 0 Å². The van der Waals surface area contributed by atoms with Crippen molar-refractivity contribution >= 4 is 0 Å². The molecule has 0 spiro atoms. The van der Waals surface area contributed by atoms with Crippen molar-refractivity contribution in [2.24, 2.45) is 0 Å². The Labute approximate surface area is 92.8 Å². The highest BCUT2D eigenvalue weighted by atomic mass is 16.3. The Hall–Kier alpha value is -0.120. The van der Waals surface area contributed by atoms with Gasteiger partial charge in [-0.1, -0.05) is 6.42 Å². The molecule has 2 rings (SSSR count). The lowest BCUT2D eigenvalue weighted by molar-refractivity contribution is 0.0601. The monoisotopic (exact) mass is 212 g/mol. The summed E-state index contributed by atoms with van der Waals surface area (Å²) in [5, 5.41) is 13.2. The van der Waals surface area contributed by atoms with E-state index >= 15 is 0 Å². The molecule has 2 atom stereocenters. The summed E-state index contributed by atoms with van der Waals surface area (Å²) in [5.41, 5.74) is 0. The fourth-order valence-electron chi connectivity index (χ4n) is 2.67. The molecule has 88 valence electrons. The second-order valence-corrected chi connectivity index (χ2v) is 5.29. The largest absolute Gasteiger partial charge is 0.391 e. The average molecular weight is 212 g/mol. The molecule has 0 amide bonds. The van der Waals surface area contributed by atoms with Gasteiger partial charge in [-0.2, -0.15) is 0 Å². The zero-order valence-corrected chi connectivity index (χ0v) is 9.95. The van der Waals surface area contributed by atoms with Gasteiger partial charge in [0.05, 0.1) is 6.10 Å². The van der Waals surface area contributed by atoms with Crippen molar-refractivity contribution < 1.29 is 5.11 Å². The van der Waals surface area contributed by atoms with Gasteiger partial charge in [0.2, 0.25) is 0 Å². The van der Waals surface area contributed by atoms with Crippen LogP contribution in [0.2, 0.25) is 0 Å². The van der Waals surface area contributed by atoms with Crippen LogP contribution in [0, 0.1) is 0 Å². The molecule has 2 unspecified atom stereocenters. The minimum absolute atomic E-state index is 0.133. The third-order valence-electron chi connectivity index (χ3n) is 3.93. The molecular weight excluding hydrogens is 188 g/mol. The lowest BCUT2D eigenvalue weighted by Crippen LogP contribution is -2.51. The number of hydrogen-bond donors (Lipinski definition) is 2. The predicted octanol–water partition coefficient (Wildman–Crippen LogP) is 0.972. The molecule has 2 N–H and O–H groups in total. The van der Waals surface area contributed by atoms with E-state index in [-0.39, 0.29) is 6.10 Å². The molecule has 3 nitrogen and oxygen atoms in total. The summed E-state index contributed by atoms with van der Waals surface area (Å²) in [4.78, 5) is 2.57. The second kappa shape index (κ2) is 4.81. The van der Waals surface area contributed by atoms with Crippen LogP contribution in [0.25, 0.3) is 0 Å². The van der Waals surface area contributed by atoms with Crippen molar-refractivity contribution in [2.75, 3.05) is 13.1 Å². The first kappa shape index (κ1) is 11.4. The summed E-state index contributed by atoms with van der Waals surface area (Å²) in [7, 11) is 0. The molecule has 1 aliphatic heterocycles. The van der Waals surface area contributed by atoms with Crippen molar-refractivity contribution in [3.63, 3.8) is 0 Å². The Morgan fingerprint density at radius 3 is 2.47 bits per heavy atom. The van der Waals surface area contributed by atoms with Gasteiger partial charge in [0.1, 0.15) is 0 Å². The molecule has 0 radical (unpaired) electrons. The standard InChI is InChI=1S/C12H24N2O/c1-9(2)14(10-4-3-5-10)8-11-12(15)6-7-13-11/h9-13,15H,3-8H2,1-2H3. The minimum atomic E-state index is -0.133.